The first kappa shape index (κ1) is 8.32. The van der Waals surface area contributed by atoms with Crippen LogP contribution in [0.25, 0.3) is 0 Å². The van der Waals surface area contributed by atoms with Gasteiger partial charge in [-0.1, -0.05) is 12.1 Å². The molecule has 56 valence electrons. The van der Waals surface area contributed by atoms with Crippen molar-refractivity contribution in [2.24, 2.45) is 5.18 Å². The van der Waals surface area contributed by atoms with Crippen LogP contribution in [0.5, 0.6) is 0 Å². The lowest BCUT2D eigenvalue weighted by atomic mass is 10.2. The predicted molar refractivity (Wildman–Crippen MR) is 50.2 cm³/mol. The van der Waals surface area contributed by atoms with E-state index in [1.807, 2.05) is 0 Å². The van der Waals surface area contributed by atoms with E-state index >= 15 is 0 Å². The standard InChI is InChI=1S/C7H4INO2/c8-7(10)5-3-1-2-4-6(5)9-11/h1-4H. The fraction of sp³-hybridized carbons (Fsp3) is 0. The third kappa shape index (κ3) is 1.83. The average Bonchev–Trinajstić information content (AvgIpc) is 2.04. The summed E-state index contributed by atoms with van der Waals surface area (Å²) in [5.74, 6) is 0. The third-order valence-corrected chi connectivity index (χ3v) is 1.80. The highest BCUT2D eigenvalue weighted by Gasteiger charge is 2.06. The monoisotopic (exact) mass is 261 g/mol. The Hall–Kier alpha value is -0.780. The normalized spacial score (nSPS) is 9.18. The van der Waals surface area contributed by atoms with E-state index in [0.717, 1.165) is 0 Å². The molecule has 4 heteroatoms. The highest BCUT2D eigenvalue weighted by Crippen LogP contribution is 2.20. The third-order valence-electron chi connectivity index (χ3n) is 1.21. The van der Waals surface area contributed by atoms with E-state index in [0.29, 0.717) is 5.56 Å². The SMILES string of the molecule is O=Nc1ccccc1C(=O)I. The van der Waals surface area contributed by atoms with Crippen LogP contribution in [0.2, 0.25) is 0 Å². The average molecular weight is 261 g/mol. The summed E-state index contributed by atoms with van der Waals surface area (Å²) in [5.41, 5.74) is 0.565. The number of hydrogen-bond donors (Lipinski definition) is 0. The molecule has 0 aliphatic heterocycles. The van der Waals surface area contributed by atoms with Crippen LogP contribution in [0.15, 0.2) is 29.4 Å². The summed E-state index contributed by atoms with van der Waals surface area (Å²) in [4.78, 5) is 20.9. The van der Waals surface area contributed by atoms with E-state index in [-0.39, 0.29) is 9.48 Å². The maximum Gasteiger partial charge on any atom is 0.224 e. The maximum absolute atomic E-state index is 10.8. The molecular weight excluding hydrogens is 257 g/mol. The van der Waals surface area contributed by atoms with Crippen LogP contribution in [0.1, 0.15) is 10.4 Å². The second kappa shape index (κ2) is 3.56. The van der Waals surface area contributed by atoms with Gasteiger partial charge in [-0.3, -0.25) is 4.79 Å². The van der Waals surface area contributed by atoms with Crippen LogP contribution in [0.4, 0.5) is 5.69 Å². The highest BCUT2D eigenvalue weighted by atomic mass is 127. The largest absolute Gasteiger partial charge is 0.282 e. The lowest BCUT2D eigenvalue weighted by molar-refractivity contribution is 0.110. The molecule has 0 atom stereocenters. The van der Waals surface area contributed by atoms with Crippen molar-refractivity contribution in [2.75, 3.05) is 0 Å². The number of halogens is 1. The molecule has 0 radical (unpaired) electrons. The summed E-state index contributed by atoms with van der Waals surface area (Å²) in [6.07, 6.45) is 0. The van der Waals surface area contributed by atoms with Gasteiger partial charge in [0.1, 0.15) is 5.69 Å². The zero-order valence-corrected chi connectivity index (χ0v) is 7.61. The summed E-state index contributed by atoms with van der Waals surface area (Å²) >= 11 is 1.62. The van der Waals surface area contributed by atoms with Crippen LogP contribution in [0.3, 0.4) is 0 Å². The maximum atomic E-state index is 10.8. The van der Waals surface area contributed by atoms with E-state index in [2.05, 4.69) is 5.18 Å². The molecule has 0 amide bonds. The molecule has 1 aromatic rings. The quantitative estimate of drug-likeness (QED) is 0.466. The Balaban J connectivity index is 3.22. The van der Waals surface area contributed by atoms with E-state index in [9.17, 15) is 9.70 Å². The van der Waals surface area contributed by atoms with Crippen molar-refractivity contribution in [3.63, 3.8) is 0 Å². The molecule has 0 aromatic heterocycles. The zero-order chi connectivity index (χ0) is 8.27. The minimum atomic E-state index is -0.169. The Labute approximate surface area is 76.9 Å². The first-order chi connectivity index (χ1) is 5.25. The fourth-order valence-corrected chi connectivity index (χ4v) is 1.18. The molecule has 0 unspecified atom stereocenters. The van der Waals surface area contributed by atoms with Crippen molar-refractivity contribution >= 4 is 32.1 Å². The van der Waals surface area contributed by atoms with E-state index in [4.69, 9.17) is 0 Å². The summed E-state index contributed by atoms with van der Waals surface area (Å²) in [6, 6.07) is 6.45. The minimum Gasteiger partial charge on any atom is -0.282 e. The topological polar surface area (TPSA) is 46.5 Å². The second-order valence-corrected chi connectivity index (χ2v) is 2.86. The minimum absolute atomic E-state index is 0.169. The van der Waals surface area contributed by atoms with Gasteiger partial charge in [0.25, 0.3) is 0 Å². The molecule has 0 fully saturated rings. The fourth-order valence-electron chi connectivity index (χ4n) is 0.719. The Kier molecular flexibility index (Phi) is 2.70. The molecule has 0 saturated heterocycles. The second-order valence-electron chi connectivity index (χ2n) is 1.88. The lowest BCUT2D eigenvalue weighted by Gasteiger charge is -1.94. The number of nitrogens with zero attached hydrogens (tertiary/aromatic N) is 1. The Morgan fingerprint density at radius 3 is 2.45 bits per heavy atom. The molecule has 1 aromatic carbocycles. The number of carbonyl (C=O) groups excluding carboxylic acids is 1. The van der Waals surface area contributed by atoms with Gasteiger partial charge in [0, 0.05) is 22.6 Å². The van der Waals surface area contributed by atoms with Crippen molar-refractivity contribution in [3.8, 4) is 0 Å². The molecule has 0 N–H and O–H groups in total. The number of benzene rings is 1. The molecule has 0 spiro atoms. The van der Waals surface area contributed by atoms with Gasteiger partial charge in [-0.2, -0.15) is 0 Å². The van der Waals surface area contributed by atoms with E-state index in [1.165, 1.54) is 6.07 Å². The first-order valence-electron chi connectivity index (χ1n) is 2.88. The van der Waals surface area contributed by atoms with Gasteiger partial charge in [-0.25, -0.2) is 0 Å². The van der Waals surface area contributed by atoms with E-state index < -0.39 is 0 Å². The molecular formula is C7H4INO2. The van der Waals surface area contributed by atoms with Crippen LogP contribution in [0, 0.1) is 4.91 Å². The molecule has 0 heterocycles. The summed E-state index contributed by atoms with van der Waals surface area (Å²) in [5, 5.41) is 2.72. The summed E-state index contributed by atoms with van der Waals surface area (Å²) in [7, 11) is 0. The lowest BCUT2D eigenvalue weighted by Crippen LogP contribution is -1.86. The summed E-state index contributed by atoms with van der Waals surface area (Å²) in [6.45, 7) is 0. The number of rotatable bonds is 2. The van der Waals surface area contributed by atoms with Crippen molar-refractivity contribution < 1.29 is 4.79 Å². The first-order valence-corrected chi connectivity index (χ1v) is 3.96. The smallest absolute Gasteiger partial charge is 0.224 e. The van der Waals surface area contributed by atoms with Crippen molar-refractivity contribution in [1.82, 2.24) is 0 Å². The Morgan fingerprint density at radius 1 is 1.36 bits per heavy atom. The number of carbonyl (C=O) groups is 1. The van der Waals surface area contributed by atoms with Crippen molar-refractivity contribution in [1.29, 1.82) is 0 Å². The molecule has 0 bridgehead atoms. The van der Waals surface area contributed by atoms with Crippen molar-refractivity contribution in [2.45, 2.75) is 0 Å². The Morgan fingerprint density at radius 2 is 2.00 bits per heavy atom. The predicted octanol–water partition coefficient (Wildman–Crippen LogP) is 2.66. The van der Waals surface area contributed by atoms with Gasteiger partial charge in [0.15, 0.2) is 0 Å². The van der Waals surface area contributed by atoms with Gasteiger partial charge in [-0.15, -0.1) is 4.91 Å². The molecule has 0 saturated carbocycles. The van der Waals surface area contributed by atoms with Gasteiger partial charge < -0.3 is 0 Å². The van der Waals surface area contributed by atoms with Crippen LogP contribution >= 0.6 is 22.6 Å². The Bertz CT molecular complexity index is 298. The van der Waals surface area contributed by atoms with Crippen LogP contribution in [-0.4, -0.2) is 3.79 Å². The molecule has 11 heavy (non-hydrogen) atoms. The molecule has 3 nitrogen and oxygen atoms in total. The van der Waals surface area contributed by atoms with Gasteiger partial charge in [-0.05, 0) is 17.3 Å². The zero-order valence-electron chi connectivity index (χ0n) is 5.45. The van der Waals surface area contributed by atoms with Gasteiger partial charge >= 0.3 is 0 Å². The van der Waals surface area contributed by atoms with Crippen LogP contribution in [-0.2, 0) is 0 Å². The van der Waals surface area contributed by atoms with Crippen molar-refractivity contribution in [3.05, 3.63) is 34.7 Å². The molecule has 1 rings (SSSR count). The van der Waals surface area contributed by atoms with E-state index in [1.54, 1.807) is 40.8 Å². The van der Waals surface area contributed by atoms with Crippen LogP contribution < -0.4 is 0 Å². The highest BCUT2D eigenvalue weighted by molar-refractivity contribution is 14.1. The number of nitroso groups, excluding NO2 is 1. The number of hydrogen-bond acceptors (Lipinski definition) is 3. The van der Waals surface area contributed by atoms with Gasteiger partial charge in [0.05, 0.1) is 5.56 Å². The molecule has 0 aliphatic rings. The summed E-state index contributed by atoms with van der Waals surface area (Å²) < 4.78 is -0.169. The van der Waals surface area contributed by atoms with Gasteiger partial charge in [0.2, 0.25) is 3.79 Å². The molecule has 0 aliphatic carbocycles.